The van der Waals surface area contributed by atoms with Gasteiger partial charge in [0.1, 0.15) is 11.5 Å². The molecule has 0 unspecified atom stereocenters. The van der Waals surface area contributed by atoms with Gasteiger partial charge in [-0.3, -0.25) is 10.1 Å². The van der Waals surface area contributed by atoms with Crippen LogP contribution in [0.5, 0.6) is 11.5 Å². The quantitative estimate of drug-likeness (QED) is 0.690. The number of ether oxygens (including phenoxy) is 1. The molecule has 0 radical (unpaired) electrons. The van der Waals surface area contributed by atoms with E-state index in [1.165, 1.54) is 24.3 Å². The van der Waals surface area contributed by atoms with Gasteiger partial charge >= 0.3 is 0 Å². The molecule has 2 aromatic carbocycles. The lowest BCUT2D eigenvalue weighted by Crippen LogP contribution is -1.96. The number of hydrogen-bond acceptors (Lipinski definition) is 4. The van der Waals surface area contributed by atoms with Gasteiger partial charge in [-0.05, 0) is 24.3 Å². The van der Waals surface area contributed by atoms with Gasteiger partial charge in [0.2, 0.25) is 0 Å². The predicted molar refractivity (Wildman–Crippen MR) is 65.5 cm³/mol. The summed E-state index contributed by atoms with van der Waals surface area (Å²) in [6.45, 7) is -0.536. The molecule has 0 spiro atoms. The van der Waals surface area contributed by atoms with Gasteiger partial charge in [-0.2, -0.15) is 0 Å². The summed E-state index contributed by atoms with van der Waals surface area (Å²) in [5.74, 6) is -1.85. The van der Waals surface area contributed by atoms with Gasteiger partial charge in [-0.1, -0.05) is 0 Å². The van der Waals surface area contributed by atoms with E-state index in [0.717, 1.165) is 12.1 Å². The lowest BCUT2D eigenvalue weighted by Gasteiger charge is -2.07. The molecule has 20 heavy (non-hydrogen) atoms. The number of hydrogen-bond donors (Lipinski definition) is 1. The maximum absolute atomic E-state index is 13.0. The van der Waals surface area contributed by atoms with Crippen molar-refractivity contribution in [3.05, 3.63) is 63.7 Å². The Labute approximate surface area is 112 Å². The molecule has 5 nitrogen and oxygen atoms in total. The van der Waals surface area contributed by atoms with Crippen molar-refractivity contribution in [3.63, 3.8) is 0 Å². The van der Waals surface area contributed by atoms with Crippen molar-refractivity contribution in [2.75, 3.05) is 0 Å². The summed E-state index contributed by atoms with van der Waals surface area (Å²) in [7, 11) is 0. The Morgan fingerprint density at radius 2 is 1.75 bits per heavy atom. The number of benzene rings is 2. The number of aliphatic hydroxyl groups is 1. The summed E-state index contributed by atoms with van der Waals surface area (Å²) in [4.78, 5) is 10.1. The van der Waals surface area contributed by atoms with Crippen LogP contribution in [-0.2, 0) is 6.61 Å². The first-order valence-electron chi connectivity index (χ1n) is 5.52. The highest BCUT2D eigenvalue weighted by molar-refractivity contribution is 5.46. The number of aliphatic hydroxyl groups excluding tert-OH is 1. The van der Waals surface area contributed by atoms with Crippen LogP contribution in [-0.4, -0.2) is 10.0 Å². The Balaban J connectivity index is 2.29. The van der Waals surface area contributed by atoms with Gasteiger partial charge < -0.3 is 9.84 Å². The Kier molecular flexibility index (Phi) is 3.90. The average Bonchev–Trinajstić information content (AvgIpc) is 2.42. The molecule has 2 aromatic rings. The summed E-state index contributed by atoms with van der Waals surface area (Å²) in [6.07, 6.45) is 0. The van der Waals surface area contributed by atoms with Crippen LogP contribution in [0.15, 0.2) is 36.4 Å². The summed E-state index contributed by atoms with van der Waals surface area (Å²) in [5.41, 5.74) is -0.180. The van der Waals surface area contributed by atoms with E-state index in [2.05, 4.69) is 0 Å². The Morgan fingerprint density at radius 1 is 1.10 bits per heavy atom. The second kappa shape index (κ2) is 5.62. The van der Waals surface area contributed by atoms with Crippen LogP contribution in [0.2, 0.25) is 0 Å². The smallest absolute Gasteiger partial charge is 0.275 e. The fraction of sp³-hybridized carbons (Fsp3) is 0.0769. The fourth-order valence-corrected chi connectivity index (χ4v) is 1.61. The van der Waals surface area contributed by atoms with E-state index in [9.17, 15) is 18.9 Å². The molecule has 0 aromatic heterocycles. The highest BCUT2D eigenvalue weighted by Gasteiger charge is 2.14. The van der Waals surface area contributed by atoms with E-state index < -0.39 is 23.2 Å². The Bertz CT molecular complexity index is 661. The molecular formula is C13H9F2NO4. The third-order valence-electron chi connectivity index (χ3n) is 2.54. The van der Waals surface area contributed by atoms with Gasteiger partial charge in [0.25, 0.3) is 5.69 Å². The minimum absolute atomic E-state index is 0.0432. The number of nitrogens with zero attached hydrogens (tertiary/aromatic N) is 1. The fourth-order valence-electron chi connectivity index (χ4n) is 1.61. The largest absolute Gasteiger partial charge is 0.457 e. The van der Waals surface area contributed by atoms with Crippen molar-refractivity contribution < 1.29 is 23.5 Å². The van der Waals surface area contributed by atoms with Gasteiger partial charge in [0.05, 0.1) is 17.1 Å². The molecule has 2 rings (SSSR count). The second-order valence-corrected chi connectivity index (χ2v) is 3.88. The predicted octanol–water partition coefficient (Wildman–Crippen LogP) is 3.16. The first kappa shape index (κ1) is 13.9. The molecule has 0 aliphatic carbocycles. The molecule has 0 saturated heterocycles. The van der Waals surface area contributed by atoms with E-state index in [4.69, 9.17) is 9.84 Å². The van der Waals surface area contributed by atoms with E-state index in [1.54, 1.807) is 0 Å². The number of nitro benzene ring substituents is 1. The molecule has 7 heteroatoms. The van der Waals surface area contributed by atoms with E-state index in [0.29, 0.717) is 0 Å². The number of nitro groups is 1. The molecular weight excluding hydrogens is 272 g/mol. The summed E-state index contributed by atoms with van der Waals surface area (Å²) in [6, 6.07) is 6.72. The first-order chi connectivity index (χ1) is 9.51. The average molecular weight is 281 g/mol. The Hall–Kier alpha value is -2.54. The summed E-state index contributed by atoms with van der Waals surface area (Å²) >= 11 is 0. The standard InChI is InChI=1S/C13H9F2NO4/c14-11-3-1-10(6-12(11)15)20-9-2-4-13(16(18)19)8(5-9)7-17/h1-6,17H,7H2. The van der Waals surface area contributed by atoms with Crippen LogP contribution >= 0.6 is 0 Å². The molecule has 0 heterocycles. The summed E-state index contributed by atoms with van der Waals surface area (Å²) < 4.78 is 31.0. The van der Waals surface area contributed by atoms with Crippen molar-refractivity contribution >= 4 is 5.69 Å². The highest BCUT2D eigenvalue weighted by Crippen LogP contribution is 2.28. The molecule has 0 atom stereocenters. The van der Waals surface area contributed by atoms with Gasteiger partial charge in [0, 0.05) is 12.1 Å². The molecule has 0 saturated carbocycles. The lowest BCUT2D eigenvalue weighted by atomic mass is 10.2. The molecule has 0 bridgehead atoms. The molecule has 0 aliphatic rings. The first-order valence-corrected chi connectivity index (χ1v) is 5.52. The Morgan fingerprint density at radius 3 is 2.35 bits per heavy atom. The van der Waals surface area contributed by atoms with Crippen molar-refractivity contribution in [1.29, 1.82) is 0 Å². The third-order valence-corrected chi connectivity index (χ3v) is 2.54. The lowest BCUT2D eigenvalue weighted by molar-refractivity contribution is -0.385. The normalized spacial score (nSPS) is 10.3. The molecule has 0 aliphatic heterocycles. The van der Waals surface area contributed by atoms with Crippen LogP contribution < -0.4 is 4.74 Å². The number of rotatable bonds is 4. The monoisotopic (exact) mass is 281 g/mol. The van der Waals surface area contributed by atoms with Crippen molar-refractivity contribution in [2.24, 2.45) is 0 Å². The van der Waals surface area contributed by atoms with Crippen LogP contribution in [0.3, 0.4) is 0 Å². The summed E-state index contributed by atoms with van der Waals surface area (Å²) in [5, 5.41) is 19.8. The highest BCUT2D eigenvalue weighted by atomic mass is 19.2. The maximum Gasteiger partial charge on any atom is 0.275 e. The van der Waals surface area contributed by atoms with Crippen LogP contribution in [0.25, 0.3) is 0 Å². The SMILES string of the molecule is O=[N+]([O-])c1ccc(Oc2ccc(F)c(F)c2)cc1CO. The zero-order valence-electron chi connectivity index (χ0n) is 10.0. The van der Waals surface area contributed by atoms with Crippen molar-refractivity contribution in [3.8, 4) is 11.5 Å². The molecule has 1 N–H and O–H groups in total. The van der Waals surface area contributed by atoms with Crippen LogP contribution in [0.1, 0.15) is 5.56 Å². The van der Waals surface area contributed by atoms with Gasteiger partial charge in [-0.15, -0.1) is 0 Å². The van der Waals surface area contributed by atoms with Crippen molar-refractivity contribution in [1.82, 2.24) is 0 Å². The van der Waals surface area contributed by atoms with Crippen molar-refractivity contribution in [2.45, 2.75) is 6.61 Å². The van der Waals surface area contributed by atoms with E-state index in [1.807, 2.05) is 0 Å². The number of halogens is 2. The van der Waals surface area contributed by atoms with Crippen LogP contribution in [0.4, 0.5) is 14.5 Å². The molecule has 104 valence electrons. The van der Waals surface area contributed by atoms with Gasteiger partial charge in [-0.25, -0.2) is 8.78 Å². The van der Waals surface area contributed by atoms with E-state index >= 15 is 0 Å². The minimum Gasteiger partial charge on any atom is -0.457 e. The maximum atomic E-state index is 13.0. The zero-order chi connectivity index (χ0) is 14.7. The minimum atomic E-state index is -1.06. The zero-order valence-corrected chi connectivity index (χ0v) is 10.0. The molecule has 0 fully saturated rings. The van der Waals surface area contributed by atoms with E-state index in [-0.39, 0.29) is 22.7 Å². The van der Waals surface area contributed by atoms with Crippen LogP contribution in [0, 0.1) is 21.7 Å². The third kappa shape index (κ3) is 2.89. The second-order valence-electron chi connectivity index (χ2n) is 3.88. The van der Waals surface area contributed by atoms with Gasteiger partial charge in [0.15, 0.2) is 11.6 Å². The molecule has 0 amide bonds. The topological polar surface area (TPSA) is 72.6 Å².